The summed E-state index contributed by atoms with van der Waals surface area (Å²) in [5.74, 6) is 0.490. The number of likely N-dealkylation sites (N-methyl/N-ethyl adjacent to an activating group) is 1. The van der Waals surface area contributed by atoms with Crippen LogP contribution in [-0.2, 0) is 12.8 Å². The van der Waals surface area contributed by atoms with Crippen LogP contribution in [-0.4, -0.2) is 28.9 Å². The van der Waals surface area contributed by atoms with Gasteiger partial charge in [-0.25, -0.2) is 0 Å². The Hall–Kier alpha value is -1.11. The molecule has 0 aromatic carbocycles. The summed E-state index contributed by atoms with van der Waals surface area (Å²) in [5.41, 5.74) is -0.00336. The average molecular weight is 293 g/mol. The minimum Gasteiger partial charge on any atom is -0.339 e. The smallest absolute Gasteiger partial charge is 0.339 e. The Bertz CT molecular complexity index is 410. The highest BCUT2D eigenvalue weighted by Gasteiger charge is 2.29. The highest BCUT2D eigenvalue weighted by atomic mass is 19.4. The lowest BCUT2D eigenvalue weighted by Crippen LogP contribution is -2.41. The second kappa shape index (κ2) is 6.56. The van der Waals surface area contributed by atoms with Crippen LogP contribution in [0.1, 0.15) is 45.8 Å². The predicted octanol–water partition coefficient (Wildman–Crippen LogP) is 3.13. The number of aromatic nitrogens is 2. The summed E-state index contributed by atoms with van der Waals surface area (Å²) < 4.78 is 41.4. The number of hydrogen-bond donors (Lipinski definition) is 1. The fourth-order valence-corrected chi connectivity index (χ4v) is 1.83. The number of hydrogen-bond acceptors (Lipinski definition) is 4. The summed E-state index contributed by atoms with van der Waals surface area (Å²) in [6, 6.07) is 0.128. The van der Waals surface area contributed by atoms with Gasteiger partial charge in [0, 0.05) is 18.9 Å². The van der Waals surface area contributed by atoms with Crippen molar-refractivity contribution in [1.29, 1.82) is 0 Å². The molecule has 1 aromatic heterocycles. The lowest BCUT2D eigenvalue weighted by Gasteiger charge is -2.30. The van der Waals surface area contributed by atoms with Crippen LogP contribution in [0.25, 0.3) is 0 Å². The first kappa shape index (κ1) is 16.9. The molecule has 1 atom stereocenters. The van der Waals surface area contributed by atoms with Gasteiger partial charge < -0.3 is 9.84 Å². The van der Waals surface area contributed by atoms with Gasteiger partial charge in [-0.2, -0.15) is 18.2 Å². The van der Waals surface area contributed by atoms with E-state index in [4.69, 9.17) is 4.52 Å². The van der Waals surface area contributed by atoms with Crippen molar-refractivity contribution in [2.24, 2.45) is 5.41 Å². The topological polar surface area (TPSA) is 51.0 Å². The van der Waals surface area contributed by atoms with Crippen LogP contribution in [0, 0.1) is 5.41 Å². The average Bonchev–Trinajstić information content (AvgIpc) is 2.71. The molecule has 0 spiro atoms. The molecule has 0 radical (unpaired) electrons. The van der Waals surface area contributed by atoms with Crippen molar-refractivity contribution < 1.29 is 17.7 Å². The van der Waals surface area contributed by atoms with Gasteiger partial charge in [-0.05, 0) is 12.0 Å². The molecule has 0 aliphatic carbocycles. The number of rotatable bonds is 6. The van der Waals surface area contributed by atoms with Crippen LogP contribution in [0.5, 0.6) is 0 Å². The maximum atomic E-state index is 12.1. The minimum atomic E-state index is -4.20. The van der Waals surface area contributed by atoms with Crippen LogP contribution >= 0.6 is 0 Å². The molecule has 1 rings (SSSR count). The molecule has 0 amide bonds. The third-order valence-electron chi connectivity index (χ3n) is 3.02. The molecule has 1 unspecified atom stereocenters. The quantitative estimate of drug-likeness (QED) is 0.875. The lowest BCUT2D eigenvalue weighted by atomic mass is 9.84. The SMILES string of the molecule is CCNC(Cc1nc(CCC(F)(F)F)no1)C(C)(C)C. The van der Waals surface area contributed by atoms with Crippen molar-refractivity contribution in [2.45, 2.75) is 59.2 Å². The predicted molar refractivity (Wildman–Crippen MR) is 69.3 cm³/mol. The maximum absolute atomic E-state index is 12.1. The van der Waals surface area contributed by atoms with Crippen molar-refractivity contribution in [2.75, 3.05) is 6.54 Å². The highest BCUT2D eigenvalue weighted by Crippen LogP contribution is 2.23. The van der Waals surface area contributed by atoms with Crippen LogP contribution in [0.15, 0.2) is 4.52 Å². The van der Waals surface area contributed by atoms with E-state index >= 15 is 0 Å². The zero-order valence-corrected chi connectivity index (χ0v) is 12.3. The van der Waals surface area contributed by atoms with Gasteiger partial charge in [0.25, 0.3) is 0 Å². The number of nitrogens with zero attached hydrogens (tertiary/aromatic N) is 2. The Morgan fingerprint density at radius 2 is 1.90 bits per heavy atom. The normalized spacial score (nSPS) is 14.6. The van der Waals surface area contributed by atoms with Crippen LogP contribution < -0.4 is 5.32 Å². The number of alkyl halides is 3. The van der Waals surface area contributed by atoms with Crippen molar-refractivity contribution in [3.63, 3.8) is 0 Å². The first-order valence-corrected chi connectivity index (χ1v) is 6.73. The number of aryl methyl sites for hydroxylation is 1. The molecule has 0 aliphatic heterocycles. The Labute approximate surface area is 117 Å². The summed E-state index contributed by atoms with van der Waals surface area (Å²) in [4.78, 5) is 4.03. The van der Waals surface area contributed by atoms with E-state index in [1.165, 1.54) is 0 Å². The molecule has 0 fully saturated rings. The zero-order chi connectivity index (χ0) is 15.4. The molecule has 0 saturated heterocycles. The molecule has 0 saturated carbocycles. The van der Waals surface area contributed by atoms with Crippen molar-refractivity contribution in [3.05, 3.63) is 11.7 Å². The van der Waals surface area contributed by atoms with E-state index in [9.17, 15) is 13.2 Å². The van der Waals surface area contributed by atoms with Crippen LogP contribution in [0.2, 0.25) is 0 Å². The summed E-state index contributed by atoms with van der Waals surface area (Å²) in [7, 11) is 0. The van der Waals surface area contributed by atoms with E-state index < -0.39 is 12.6 Å². The summed E-state index contributed by atoms with van der Waals surface area (Å²) >= 11 is 0. The summed E-state index contributed by atoms with van der Waals surface area (Å²) in [6.45, 7) is 9.06. The molecular weight excluding hydrogens is 271 g/mol. The van der Waals surface area contributed by atoms with Gasteiger partial charge in [-0.15, -0.1) is 0 Å². The van der Waals surface area contributed by atoms with E-state index in [0.29, 0.717) is 12.3 Å². The first-order chi connectivity index (χ1) is 9.12. The van der Waals surface area contributed by atoms with Gasteiger partial charge in [-0.3, -0.25) is 0 Å². The Balaban J connectivity index is 2.62. The number of halogens is 3. The number of nitrogens with one attached hydrogen (secondary N) is 1. The van der Waals surface area contributed by atoms with Crippen molar-refractivity contribution in [1.82, 2.24) is 15.5 Å². The summed E-state index contributed by atoms with van der Waals surface area (Å²) in [6.07, 6.45) is -4.86. The Morgan fingerprint density at radius 1 is 1.25 bits per heavy atom. The standard InChI is InChI=1S/C13H22F3N3O/c1-5-17-9(12(2,3)4)8-11-18-10(19-20-11)6-7-13(14,15)16/h9,17H,5-8H2,1-4H3. The van der Waals surface area contributed by atoms with Gasteiger partial charge in [0.05, 0.1) is 6.42 Å². The van der Waals surface area contributed by atoms with Gasteiger partial charge in [0.2, 0.25) is 5.89 Å². The summed E-state index contributed by atoms with van der Waals surface area (Å²) in [5, 5.41) is 6.93. The van der Waals surface area contributed by atoms with E-state index in [2.05, 4.69) is 36.2 Å². The van der Waals surface area contributed by atoms with E-state index in [0.717, 1.165) is 6.54 Å². The van der Waals surface area contributed by atoms with Gasteiger partial charge in [0.15, 0.2) is 5.82 Å². The van der Waals surface area contributed by atoms with Crippen molar-refractivity contribution >= 4 is 0 Å². The molecular formula is C13H22F3N3O. The second-order valence-corrected chi connectivity index (χ2v) is 5.90. The van der Waals surface area contributed by atoms with E-state index in [-0.39, 0.29) is 23.7 Å². The Morgan fingerprint density at radius 3 is 2.40 bits per heavy atom. The maximum Gasteiger partial charge on any atom is 0.389 e. The van der Waals surface area contributed by atoms with Crippen LogP contribution in [0.4, 0.5) is 13.2 Å². The van der Waals surface area contributed by atoms with Crippen LogP contribution in [0.3, 0.4) is 0 Å². The second-order valence-electron chi connectivity index (χ2n) is 5.90. The highest BCUT2D eigenvalue weighted by molar-refractivity contribution is 4.93. The molecule has 0 bridgehead atoms. The molecule has 4 nitrogen and oxygen atoms in total. The molecule has 1 aromatic rings. The monoisotopic (exact) mass is 293 g/mol. The van der Waals surface area contributed by atoms with E-state index in [1.54, 1.807) is 0 Å². The third-order valence-corrected chi connectivity index (χ3v) is 3.02. The van der Waals surface area contributed by atoms with Gasteiger partial charge in [-0.1, -0.05) is 32.9 Å². The molecule has 7 heteroatoms. The first-order valence-electron chi connectivity index (χ1n) is 6.73. The van der Waals surface area contributed by atoms with Gasteiger partial charge >= 0.3 is 6.18 Å². The lowest BCUT2D eigenvalue weighted by molar-refractivity contribution is -0.134. The fraction of sp³-hybridized carbons (Fsp3) is 0.846. The molecule has 0 aliphatic rings. The third kappa shape index (κ3) is 5.90. The molecule has 1 N–H and O–H groups in total. The van der Waals surface area contributed by atoms with E-state index in [1.807, 2.05) is 6.92 Å². The largest absolute Gasteiger partial charge is 0.389 e. The molecule has 20 heavy (non-hydrogen) atoms. The molecule has 1 heterocycles. The zero-order valence-electron chi connectivity index (χ0n) is 12.3. The fourth-order valence-electron chi connectivity index (χ4n) is 1.83. The minimum absolute atomic E-state index is 0.00336. The molecule has 116 valence electrons. The van der Waals surface area contributed by atoms with Gasteiger partial charge in [0.1, 0.15) is 0 Å². The van der Waals surface area contributed by atoms with Crippen molar-refractivity contribution in [3.8, 4) is 0 Å². The Kier molecular flexibility index (Phi) is 5.56.